The third kappa shape index (κ3) is 5.87. The number of aromatic carboxylic acids is 1. The van der Waals surface area contributed by atoms with Crippen LogP contribution in [0.3, 0.4) is 0 Å². The number of amides is 1. The molecule has 0 unspecified atom stereocenters. The molecule has 1 amide bonds. The molecule has 1 aliphatic rings. The van der Waals surface area contributed by atoms with Crippen LogP contribution in [0.4, 0.5) is 0 Å². The van der Waals surface area contributed by atoms with Crippen molar-refractivity contribution in [2.24, 2.45) is 5.92 Å². The Morgan fingerprint density at radius 3 is 2.55 bits per heavy atom. The molecule has 29 heavy (non-hydrogen) atoms. The Morgan fingerprint density at radius 2 is 1.90 bits per heavy atom. The summed E-state index contributed by atoms with van der Waals surface area (Å²) in [6.07, 6.45) is 9.35. The number of hydroxylamine groups is 1. The molecule has 8 heteroatoms. The number of carbonyl (C=O) groups is 2. The van der Waals surface area contributed by atoms with E-state index in [2.05, 4.69) is 10.1 Å². The van der Waals surface area contributed by atoms with Crippen LogP contribution in [0.1, 0.15) is 80.0 Å². The topological polar surface area (TPSA) is 126 Å². The summed E-state index contributed by atoms with van der Waals surface area (Å²) in [5, 5.41) is 21.9. The number of rotatable bonds is 9. The minimum atomic E-state index is -1.00. The van der Waals surface area contributed by atoms with Crippen LogP contribution >= 0.6 is 0 Å². The molecule has 0 spiro atoms. The highest BCUT2D eigenvalue weighted by Crippen LogP contribution is 2.31. The predicted molar refractivity (Wildman–Crippen MR) is 104 cm³/mol. The van der Waals surface area contributed by atoms with Gasteiger partial charge in [-0.25, -0.2) is 10.3 Å². The maximum absolute atomic E-state index is 11.7. The number of benzene rings is 1. The van der Waals surface area contributed by atoms with Crippen molar-refractivity contribution in [1.82, 2.24) is 15.6 Å². The summed E-state index contributed by atoms with van der Waals surface area (Å²) in [5.41, 5.74) is 2.49. The Morgan fingerprint density at radius 1 is 1.17 bits per heavy atom. The van der Waals surface area contributed by atoms with Crippen LogP contribution in [0.5, 0.6) is 0 Å². The second-order valence-electron chi connectivity index (χ2n) is 7.71. The average molecular weight is 401 g/mol. The number of carbonyl (C=O) groups excluding carboxylic acids is 1. The maximum Gasteiger partial charge on any atom is 0.335 e. The number of hydrogen-bond donors (Lipinski definition) is 3. The van der Waals surface area contributed by atoms with Crippen molar-refractivity contribution in [1.29, 1.82) is 0 Å². The van der Waals surface area contributed by atoms with Crippen LogP contribution in [-0.4, -0.2) is 32.3 Å². The molecule has 3 N–H and O–H groups in total. The van der Waals surface area contributed by atoms with Gasteiger partial charge in [0.25, 0.3) is 0 Å². The summed E-state index contributed by atoms with van der Waals surface area (Å²) in [7, 11) is 0. The second kappa shape index (κ2) is 10.2. The lowest BCUT2D eigenvalue weighted by atomic mass is 9.84. The third-order valence-electron chi connectivity index (χ3n) is 5.63. The summed E-state index contributed by atoms with van der Waals surface area (Å²) in [6.45, 7) is 0. The molecular weight excluding hydrogens is 374 g/mol. The quantitative estimate of drug-likeness (QED) is 0.425. The van der Waals surface area contributed by atoms with Crippen LogP contribution in [0.25, 0.3) is 11.4 Å². The summed E-state index contributed by atoms with van der Waals surface area (Å²) in [5.74, 6) is -0.308. The molecule has 3 rings (SSSR count). The summed E-state index contributed by atoms with van der Waals surface area (Å²) >= 11 is 0. The van der Waals surface area contributed by atoms with Crippen LogP contribution < -0.4 is 5.48 Å². The van der Waals surface area contributed by atoms with E-state index >= 15 is 0 Å². The van der Waals surface area contributed by atoms with E-state index in [0.717, 1.165) is 25.2 Å². The Labute approximate surface area is 169 Å². The molecule has 1 aliphatic carbocycles. The first-order valence-corrected chi connectivity index (χ1v) is 10.2. The SMILES string of the molecule is O=C(C[C@@H](CCCC1CCCCC1)c1nc(-c2ccc(C(=O)O)cc2)no1)NO. The monoisotopic (exact) mass is 401 g/mol. The zero-order valence-corrected chi connectivity index (χ0v) is 16.3. The summed E-state index contributed by atoms with van der Waals surface area (Å²) < 4.78 is 5.41. The highest BCUT2D eigenvalue weighted by molar-refractivity contribution is 5.88. The minimum absolute atomic E-state index is 0.0702. The van der Waals surface area contributed by atoms with E-state index < -0.39 is 11.9 Å². The van der Waals surface area contributed by atoms with Gasteiger partial charge in [-0.3, -0.25) is 10.0 Å². The molecular formula is C21H27N3O5. The van der Waals surface area contributed by atoms with Gasteiger partial charge in [0.05, 0.1) is 5.56 Å². The summed E-state index contributed by atoms with van der Waals surface area (Å²) in [4.78, 5) is 27.1. The van der Waals surface area contributed by atoms with Crippen LogP contribution in [0, 0.1) is 5.92 Å². The smallest absolute Gasteiger partial charge is 0.335 e. The van der Waals surface area contributed by atoms with Gasteiger partial charge in [0, 0.05) is 17.9 Å². The largest absolute Gasteiger partial charge is 0.478 e. The van der Waals surface area contributed by atoms with Gasteiger partial charge in [-0.15, -0.1) is 0 Å². The molecule has 1 heterocycles. The number of nitrogens with one attached hydrogen (secondary N) is 1. The number of carboxylic acids is 1. The normalized spacial score (nSPS) is 15.8. The van der Waals surface area contributed by atoms with E-state index in [1.165, 1.54) is 44.2 Å². The van der Waals surface area contributed by atoms with Gasteiger partial charge in [-0.2, -0.15) is 4.98 Å². The lowest BCUT2D eigenvalue weighted by molar-refractivity contribution is -0.129. The molecule has 0 radical (unpaired) electrons. The van der Waals surface area contributed by atoms with Crippen molar-refractivity contribution in [3.8, 4) is 11.4 Å². The Kier molecular flexibility index (Phi) is 7.35. The van der Waals surface area contributed by atoms with Gasteiger partial charge in [0.2, 0.25) is 17.6 Å². The lowest BCUT2D eigenvalue weighted by Crippen LogP contribution is -2.21. The maximum atomic E-state index is 11.7. The number of hydrogen-bond acceptors (Lipinski definition) is 6. The van der Waals surface area contributed by atoms with Gasteiger partial charge < -0.3 is 9.63 Å². The van der Waals surface area contributed by atoms with E-state index in [1.54, 1.807) is 17.6 Å². The summed E-state index contributed by atoms with van der Waals surface area (Å²) in [6, 6.07) is 6.20. The number of aromatic nitrogens is 2. The minimum Gasteiger partial charge on any atom is -0.478 e. The fraction of sp³-hybridized carbons (Fsp3) is 0.524. The van der Waals surface area contributed by atoms with Crippen LogP contribution in [-0.2, 0) is 4.79 Å². The second-order valence-corrected chi connectivity index (χ2v) is 7.71. The van der Waals surface area contributed by atoms with Crippen molar-refractivity contribution in [2.75, 3.05) is 0 Å². The van der Waals surface area contributed by atoms with Gasteiger partial charge in [0.1, 0.15) is 0 Å². The molecule has 2 aromatic rings. The van der Waals surface area contributed by atoms with Crippen LogP contribution in [0.2, 0.25) is 0 Å². The van der Waals surface area contributed by atoms with Crippen LogP contribution in [0.15, 0.2) is 28.8 Å². The standard InChI is InChI=1S/C21H27N3O5/c25-18(23-28)13-17(8-4-7-14-5-2-1-3-6-14)20-22-19(24-29-20)15-9-11-16(12-10-15)21(26)27/h9-12,14,17,28H,1-8,13H2,(H,23,25)(H,26,27)/t17-/m1/s1. The average Bonchev–Trinajstić information content (AvgIpc) is 3.24. The van der Waals surface area contributed by atoms with Gasteiger partial charge in [0.15, 0.2) is 0 Å². The number of carboxylic acid groups (broad SMARTS) is 1. The lowest BCUT2D eigenvalue weighted by Gasteiger charge is -2.22. The zero-order valence-electron chi connectivity index (χ0n) is 16.3. The zero-order chi connectivity index (χ0) is 20.6. The molecule has 156 valence electrons. The fourth-order valence-corrected chi connectivity index (χ4v) is 3.99. The highest BCUT2D eigenvalue weighted by atomic mass is 16.5. The van der Waals surface area contributed by atoms with E-state index in [1.807, 2.05) is 0 Å². The molecule has 0 aliphatic heterocycles. The van der Waals surface area contributed by atoms with Crippen molar-refractivity contribution in [2.45, 2.75) is 63.7 Å². The Bertz CT molecular complexity index is 812. The highest BCUT2D eigenvalue weighted by Gasteiger charge is 2.23. The molecule has 1 atom stereocenters. The first kappa shape index (κ1) is 21.0. The Balaban J connectivity index is 1.66. The fourth-order valence-electron chi connectivity index (χ4n) is 3.99. The molecule has 1 aromatic heterocycles. The molecule has 0 bridgehead atoms. The first-order valence-electron chi connectivity index (χ1n) is 10.2. The molecule has 0 saturated heterocycles. The van der Waals surface area contributed by atoms with Crippen molar-refractivity contribution in [3.05, 3.63) is 35.7 Å². The van der Waals surface area contributed by atoms with Gasteiger partial charge in [-0.1, -0.05) is 62.2 Å². The predicted octanol–water partition coefficient (Wildman–Crippen LogP) is 4.16. The van der Waals surface area contributed by atoms with Gasteiger partial charge >= 0.3 is 5.97 Å². The van der Waals surface area contributed by atoms with Crippen molar-refractivity contribution < 1.29 is 24.4 Å². The first-order chi connectivity index (χ1) is 14.1. The van der Waals surface area contributed by atoms with E-state index in [0.29, 0.717) is 17.3 Å². The van der Waals surface area contributed by atoms with E-state index in [4.69, 9.17) is 14.8 Å². The molecule has 8 nitrogen and oxygen atoms in total. The van der Waals surface area contributed by atoms with Gasteiger partial charge in [-0.05, 0) is 24.5 Å². The van der Waals surface area contributed by atoms with E-state index in [9.17, 15) is 9.59 Å². The Hall–Kier alpha value is -2.74. The van der Waals surface area contributed by atoms with E-state index in [-0.39, 0.29) is 17.9 Å². The van der Waals surface area contributed by atoms with Crippen molar-refractivity contribution in [3.63, 3.8) is 0 Å². The third-order valence-corrected chi connectivity index (χ3v) is 5.63. The molecule has 1 aromatic carbocycles. The number of nitrogens with zero attached hydrogens (tertiary/aromatic N) is 2. The molecule has 1 fully saturated rings. The molecule has 1 saturated carbocycles. The van der Waals surface area contributed by atoms with Crippen molar-refractivity contribution >= 4 is 11.9 Å².